The number of hydrogen-bond donors (Lipinski definition) is 0. The van der Waals surface area contributed by atoms with Crippen LogP contribution in [0.4, 0.5) is 4.79 Å². The number of morpholine rings is 1. The maximum absolute atomic E-state index is 11.9. The van der Waals surface area contributed by atoms with Gasteiger partial charge in [0.05, 0.1) is 12.7 Å². The molecule has 6 heteroatoms. The van der Waals surface area contributed by atoms with Crippen molar-refractivity contribution in [3.8, 4) is 0 Å². The first-order valence-corrected chi connectivity index (χ1v) is 9.78. The molecular weight excluding hydrogens is 368 g/mol. The predicted molar refractivity (Wildman–Crippen MR) is 107 cm³/mol. The highest BCUT2D eigenvalue weighted by atomic mass is 35.5. The molecule has 1 atom stereocenters. The average molecular weight is 391 g/mol. The SMILES string of the molecule is CN(C)C(=O)Sc1cccc(CN2CCO[C@@H](c3ccc(Cl)cc3)C2)c1. The van der Waals surface area contributed by atoms with Crippen LogP contribution in [0.2, 0.25) is 5.02 Å². The highest BCUT2D eigenvalue weighted by molar-refractivity contribution is 8.13. The van der Waals surface area contributed by atoms with Crippen molar-refractivity contribution in [3.05, 3.63) is 64.7 Å². The molecule has 0 aliphatic carbocycles. The fourth-order valence-electron chi connectivity index (χ4n) is 2.88. The van der Waals surface area contributed by atoms with Gasteiger partial charge in [-0.1, -0.05) is 35.9 Å². The van der Waals surface area contributed by atoms with Gasteiger partial charge in [-0.2, -0.15) is 0 Å². The van der Waals surface area contributed by atoms with Crippen LogP contribution in [0.1, 0.15) is 17.2 Å². The number of hydrogen-bond acceptors (Lipinski definition) is 4. The summed E-state index contributed by atoms with van der Waals surface area (Å²) in [6.45, 7) is 3.30. The maximum atomic E-state index is 11.9. The molecule has 1 heterocycles. The lowest BCUT2D eigenvalue weighted by Gasteiger charge is -2.33. The molecule has 2 aromatic carbocycles. The lowest BCUT2D eigenvalue weighted by Crippen LogP contribution is -2.37. The van der Waals surface area contributed by atoms with Crippen LogP contribution in [0.5, 0.6) is 0 Å². The normalized spacial score (nSPS) is 17.9. The Morgan fingerprint density at radius 3 is 2.77 bits per heavy atom. The van der Waals surface area contributed by atoms with Crippen LogP contribution in [0.15, 0.2) is 53.4 Å². The largest absolute Gasteiger partial charge is 0.371 e. The van der Waals surface area contributed by atoms with Gasteiger partial charge in [-0.05, 0) is 47.2 Å². The summed E-state index contributed by atoms with van der Waals surface area (Å²) in [6, 6.07) is 16.1. The predicted octanol–water partition coefficient (Wildman–Crippen LogP) is 4.69. The Morgan fingerprint density at radius 1 is 1.27 bits per heavy atom. The van der Waals surface area contributed by atoms with Crippen molar-refractivity contribution in [2.24, 2.45) is 0 Å². The van der Waals surface area contributed by atoms with E-state index >= 15 is 0 Å². The highest BCUT2D eigenvalue weighted by Crippen LogP contribution is 2.26. The van der Waals surface area contributed by atoms with Crippen molar-refractivity contribution in [1.29, 1.82) is 0 Å². The third-order valence-corrected chi connectivity index (χ3v) is 5.55. The van der Waals surface area contributed by atoms with E-state index in [2.05, 4.69) is 17.0 Å². The van der Waals surface area contributed by atoms with Gasteiger partial charge in [0.1, 0.15) is 0 Å². The third-order valence-electron chi connectivity index (χ3n) is 4.27. The molecule has 0 aromatic heterocycles. The van der Waals surface area contributed by atoms with Crippen molar-refractivity contribution >= 4 is 28.6 Å². The molecule has 26 heavy (non-hydrogen) atoms. The third kappa shape index (κ3) is 5.24. The number of rotatable bonds is 4. The summed E-state index contributed by atoms with van der Waals surface area (Å²) in [7, 11) is 3.54. The summed E-state index contributed by atoms with van der Waals surface area (Å²) in [4.78, 5) is 16.8. The molecule has 1 aliphatic rings. The second-order valence-electron chi connectivity index (χ2n) is 6.56. The zero-order valence-corrected chi connectivity index (χ0v) is 16.6. The first-order valence-electron chi connectivity index (χ1n) is 8.59. The van der Waals surface area contributed by atoms with Gasteiger partial charge in [-0.3, -0.25) is 9.69 Å². The lowest BCUT2D eigenvalue weighted by molar-refractivity contribution is -0.0329. The molecule has 0 spiro atoms. The zero-order valence-electron chi connectivity index (χ0n) is 15.0. The van der Waals surface area contributed by atoms with Crippen LogP contribution < -0.4 is 0 Å². The van der Waals surface area contributed by atoms with E-state index in [4.69, 9.17) is 16.3 Å². The number of carbonyl (C=O) groups excluding carboxylic acids is 1. The summed E-state index contributed by atoms with van der Waals surface area (Å²) in [6.07, 6.45) is 0.0638. The van der Waals surface area contributed by atoms with Gasteiger partial charge in [-0.25, -0.2) is 0 Å². The molecule has 1 saturated heterocycles. The van der Waals surface area contributed by atoms with E-state index in [1.54, 1.807) is 19.0 Å². The number of thioether (sulfide) groups is 1. The van der Waals surface area contributed by atoms with Crippen LogP contribution in [-0.4, -0.2) is 48.8 Å². The van der Waals surface area contributed by atoms with Crippen molar-refractivity contribution < 1.29 is 9.53 Å². The Morgan fingerprint density at radius 2 is 2.04 bits per heavy atom. The van der Waals surface area contributed by atoms with E-state index < -0.39 is 0 Å². The van der Waals surface area contributed by atoms with E-state index in [1.165, 1.54) is 17.3 Å². The Kier molecular flexibility index (Phi) is 6.59. The molecular formula is C20H23ClN2O2S. The van der Waals surface area contributed by atoms with Crippen LogP contribution in [-0.2, 0) is 11.3 Å². The van der Waals surface area contributed by atoms with Crippen molar-refractivity contribution in [2.75, 3.05) is 33.8 Å². The second-order valence-corrected chi connectivity index (χ2v) is 8.02. The molecule has 2 aromatic rings. The first kappa shape index (κ1) is 19.2. The van der Waals surface area contributed by atoms with Crippen molar-refractivity contribution in [1.82, 2.24) is 9.80 Å². The summed E-state index contributed by atoms with van der Waals surface area (Å²) in [5, 5.41) is 0.777. The van der Waals surface area contributed by atoms with E-state index in [1.807, 2.05) is 36.4 Å². The van der Waals surface area contributed by atoms with Gasteiger partial charge in [0.2, 0.25) is 0 Å². The maximum Gasteiger partial charge on any atom is 0.285 e. The molecule has 0 unspecified atom stereocenters. The van der Waals surface area contributed by atoms with E-state index in [0.717, 1.165) is 35.1 Å². The van der Waals surface area contributed by atoms with Crippen LogP contribution in [0.25, 0.3) is 0 Å². The topological polar surface area (TPSA) is 32.8 Å². The highest BCUT2D eigenvalue weighted by Gasteiger charge is 2.22. The number of halogens is 1. The van der Waals surface area contributed by atoms with Gasteiger partial charge in [0, 0.05) is 43.6 Å². The number of amides is 1. The summed E-state index contributed by atoms with van der Waals surface area (Å²) in [5.41, 5.74) is 2.36. The molecule has 138 valence electrons. The monoisotopic (exact) mass is 390 g/mol. The van der Waals surface area contributed by atoms with Gasteiger partial charge in [0.25, 0.3) is 5.24 Å². The van der Waals surface area contributed by atoms with E-state index in [-0.39, 0.29) is 11.3 Å². The lowest BCUT2D eigenvalue weighted by atomic mass is 10.1. The van der Waals surface area contributed by atoms with Gasteiger partial charge in [0.15, 0.2) is 0 Å². The molecule has 3 rings (SSSR count). The van der Waals surface area contributed by atoms with Crippen molar-refractivity contribution in [2.45, 2.75) is 17.5 Å². The average Bonchev–Trinajstić information content (AvgIpc) is 2.63. The number of benzene rings is 2. The molecule has 4 nitrogen and oxygen atoms in total. The minimum atomic E-state index is 0.0383. The van der Waals surface area contributed by atoms with Crippen molar-refractivity contribution in [3.63, 3.8) is 0 Å². The summed E-state index contributed by atoms with van der Waals surface area (Å²) in [5.74, 6) is 0. The fraction of sp³-hybridized carbons (Fsp3) is 0.350. The Bertz CT molecular complexity index is 752. The van der Waals surface area contributed by atoms with E-state index in [0.29, 0.717) is 6.61 Å². The molecule has 1 aliphatic heterocycles. The molecule has 0 saturated carbocycles. The van der Waals surface area contributed by atoms with Crippen LogP contribution in [0, 0.1) is 0 Å². The second kappa shape index (κ2) is 8.91. The smallest absolute Gasteiger partial charge is 0.285 e. The first-order chi connectivity index (χ1) is 12.5. The van der Waals surface area contributed by atoms with Gasteiger partial charge >= 0.3 is 0 Å². The molecule has 0 radical (unpaired) electrons. The Labute approximate surface area is 164 Å². The fourth-order valence-corrected chi connectivity index (χ4v) is 3.75. The number of carbonyl (C=O) groups is 1. The van der Waals surface area contributed by atoms with Gasteiger partial charge in [-0.15, -0.1) is 0 Å². The quantitative estimate of drug-likeness (QED) is 0.709. The zero-order chi connectivity index (χ0) is 18.5. The molecule has 1 fully saturated rings. The summed E-state index contributed by atoms with van der Waals surface area (Å²) >= 11 is 7.23. The van der Waals surface area contributed by atoms with Gasteiger partial charge < -0.3 is 9.64 Å². The minimum absolute atomic E-state index is 0.0383. The molecule has 0 bridgehead atoms. The standard InChI is InChI=1S/C20H23ClN2O2S/c1-22(2)20(24)26-18-5-3-4-15(12-18)13-23-10-11-25-19(14-23)16-6-8-17(21)9-7-16/h3-9,12,19H,10-11,13-14H2,1-2H3/t19-/m1/s1. The Balaban J connectivity index is 1.63. The Hall–Kier alpha value is -1.53. The molecule has 0 N–H and O–H groups in total. The minimum Gasteiger partial charge on any atom is -0.371 e. The van der Waals surface area contributed by atoms with E-state index in [9.17, 15) is 4.79 Å². The van der Waals surface area contributed by atoms with Crippen LogP contribution in [0.3, 0.4) is 0 Å². The number of nitrogens with zero attached hydrogens (tertiary/aromatic N) is 2. The number of ether oxygens (including phenoxy) is 1. The summed E-state index contributed by atoms with van der Waals surface area (Å²) < 4.78 is 5.94. The van der Waals surface area contributed by atoms with Crippen LogP contribution >= 0.6 is 23.4 Å². The molecule has 1 amide bonds.